The molecule has 1 aromatic heterocycles. The molecule has 1 aliphatic rings. The average molecular weight is 222 g/mol. The minimum atomic E-state index is -0.146. The number of rotatable bonds is 5. The predicted molar refractivity (Wildman–Crippen MR) is 60.8 cm³/mol. The molecule has 0 bridgehead atoms. The number of carbonyl (C=O) groups is 1. The molecule has 0 aromatic carbocycles. The van der Waals surface area contributed by atoms with Gasteiger partial charge in [-0.15, -0.1) is 0 Å². The lowest BCUT2D eigenvalue weighted by atomic mass is 10.1. The van der Waals surface area contributed by atoms with E-state index >= 15 is 0 Å². The van der Waals surface area contributed by atoms with E-state index in [9.17, 15) is 4.79 Å². The summed E-state index contributed by atoms with van der Waals surface area (Å²) < 4.78 is 5.27. The van der Waals surface area contributed by atoms with Gasteiger partial charge in [-0.05, 0) is 36.8 Å². The Bertz CT molecular complexity index is 369. The summed E-state index contributed by atoms with van der Waals surface area (Å²) in [5, 5.41) is 2.88. The minimum Gasteiger partial charge on any atom is -0.455 e. The molecule has 1 amide bonds. The summed E-state index contributed by atoms with van der Waals surface area (Å²) in [4.78, 5) is 11.7. The van der Waals surface area contributed by atoms with Crippen molar-refractivity contribution in [2.45, 2.75) is 26.3 Å². The fraction of sp³-hybridized carbons (Fsp3) is 0.583. The van der Waals surface area contributed by atoms with E-state index in [1.165, 1.54) is 12.8 Å². The molecule has 3 N–H and O–H groups in total. The summed E-state index contributed by atoms with van der Waals surface area (Å²) in [7, 11) is 0. The first-order valence-electron chi connectivity index (χ1n) is 5.77. The van der Waals surface area contributed by atoms with E-state index in [0.717, 1.165) is 12.5 Å². The minimum absolute atomic E-state index is 0.146. The van der Waals surface area contributed by atoms with Crippen LogP contribution < -0.4 is 11.1 Å². The topological polar surface area (TPSA) is 68.3 Å². The fourth-order valence-electron chi connectivity index (χ4n) is 1.78. The van der Waals surface area contributed by atoms with Crippen molar-refractivity contribution in [3.8, 4) is 0 Å². The lowest BCUT2D eigenvalue weighted by molar-refractivity contribution is 0.0917. The molecule has 4 heteroatoms. The monoisotopic (exact) mass is 222 g/mol. The Balaban J connectivity index is 1.82. The Hall–Kier alpha value is -1.29. The van der Waals surface area contributed by atoms with Crippen LogP contribution in [-0.2, 0) is 6.54 Å². The van der Waals surface area contributed by atoms with E-state index in [1.54, 1.807) is 12.1 Å². The Morgan fingerprint density at radius 3 is 2.94 bits per heavy atom. The van der Waals surface area contributed by atoms with Crippen molar-refractivity contribution in [3.05, 3.63) is 23.7 Å². The van der Waals surface area contributed by atoms with Gasteiger partial charge < -0.3 is 15.5 Å². The Morgan fingerprint density at radius 1 is 1.62 bits per heavy atom. The second-order valence-electron chi connectivity index (χ2n) is 4.49. The molecule has 1 saturated carbocycles. The molecule has 0 spiro atoms. The quantitative estimate of drug-likeness (QED) is 0.793. The first-order chi connectivity index (χ1) is 7.70. The molecule has 0 saturated heterocycles. The second kappa shape index (κ2) is 4.70. The van der Waals surface area contributed by atoms with Gasteiger partial charge in [0.25, 0.3) is 5.91 Å². The van der Waals surface area contributed by atoms with Crippen molar-refractivity contribution in [2.75, 3.05) is 6.54 Å². The largest absolute Gasteiger partial charge is 0.455 e. The fourth-order valence-corrected chi connectivity index (χ4v) is 1.78. The summed E-state index contributed by atoms with van der Waals surface area (Å²) in [6.07, 6.45) is 2.60. The maximum Gasteiger partial charge on any atom is 0.287 e. The molecule has 88 valence electrons. The van der Waals surface area contributed by atoms with Crippen LogP contribution >= 0.6 is 0 Å². The Kier molecular flexibility index (Phi) is 3.29. The summed E-state index contributed by atoms with van der Waals surface area (Å²) in [6.45, 7) is 3.22. The van der Waals surface area contributed by atoms with E-state index in [2.05, 4.69) is 12.2 Å². The maximum atomic E-state index is 11.7. The van der Waals surface area contributed by atoms with Gasteiger partial charge in [0.2, 0.25) is 0 Å². The first-order valence-corrected chi connectivity index (χ1v) is 5.77. The molecule has 1 aromatic rings. The van der Waals surface area contributed by atoms with E-state index in [-0.39, 0.29) is 5.91 Å². The molecule has 2 rings (SSSR count). The lowest BCUT2D eigenvalue weighted by Gasteiger charge is -2.10. The molecule has 1 atom stereocenters. The van der Waals surface area contributed by atoms with Gasteiger partial charge in [0.15, 0.2) is 5.76 Å². The molecule has 1 fully saturated rings. The highest BCUT2D eigenvalue weighted by Gasteiger charge is 2.28. The standard InChI is InChI=1S/C12H18N2O2/c1-8(9-2-3-9)7-14-12(15)11-5-4-10(6-13)16-11/h4-5,8-9H,2-3,6-7,13H2,1H3,(H,14,15). The third-order valence-electron chi connectivity index (χ3n) is 3.10. The molecule has 0 radical (unpaired) electrons. The van der Waals surface area contributed by atoms with E-state index < -0.39 is 0 Å². The van der Waals surface area contributed by atoms with Gasteiger partial charge in [-0.3, -0.25) is 4.79 Å². The van der Waals surface area contributed by atoms with Crippen LogP contribution in [0.3, 0.4) is 0 Å². The molecule has 1 heterocycles. The van der Waals surface area contributed by atoms with Crippen LogP contribution in [0.5, 0.6) is 0 Å². The lowest BCUT2D eigenvalue weighted by Crippen LogP contribution is -2.28. The van der Waals surface area contributed by atoms with E-state index in [0.29, 0.717) is 24.0 Å². The van der Waals surface area contributed by atoms with Crippen molar-refractivity contribution in [1.29, 1.82) is 0 Å². The molecular weight excluding hydrogens is 204 g/mol. The van der Waals surface area contributed by atoms with Crippen LogP contribution in [0.15, 0.2) is 16.5 Å². The number of hydrogen-bond donors (Lipinski definition) is 2. The highest BCUT2D eigenvalue weighted by Crippen LogP contribution is 2.36. The zero-order chi connectivity index (χ0) is 11.5. The van der Waals surface area contributed by atoms with Crippen molar-refractivity contribution < 1.29 is 9.21 Å². The molecule has 4 nitrogen and oxygen atoms in total. The van der Waals surface area contributed by atoms with Crippen molar-refractivity contribution >= 4 is 5.91 Å². The van der Waals surface area contributed by atoms with Crippen molar-refractivity contribution in [2.24, 2.45) is 17.6 Å². The molecule has 1 unspecified atom stereocenters. The zero-order valence-corrected chi connectivity index (χ0v) is 9.53. The van der Waals surface area contributed by atoms with Crippen molar-refractivity contribution in [3.63, 3.8) is 0 Å². The summed E-state index contributed by atoms with van der Waals surface area (Å²) in [6, 6.07) is 3.40. The van der Waals surface area contributed by atoms with Gasteiger partial charge in [0.1, 0.15) is 5.76 Å². The highest BCUT2D eigenvalue weighted by atomic mass is 16.4. The van der Waals surface area contributed by atoms with Gasteiger partial charge in [-0.1, -0.05) is 6.92 Å². The summed E-state index contributed by atoms with van der Waals surface area (Å²) >= 11 is 0. The third kappa shape index (κ3) is 2.64. The number of nitrogens with two attached hydrogens (primary N) is 1. The van der Waals surface area contributed by atoms with Crippen molar-refractivity contribution in [1.82, 2.24) is 5.32 Å². The number of furan rings is 1. The van der Waals surface area contributed by atoms with Gasteiger partial charge in [0.05, 0.1) is 6.54 Å². The van der Waals surface area contributed by atoms with Crippen LogP contribution in [0.2, 0.25) is 0 Å². The normalized spacial score (nSPS) is 17.1. The van der Waals surface area contributed by atoms with Crippen LogP contribution in [0.1, 0.15) is 36.1 Å². The third-order valence-corrected chi connectivity index (χ3v) is 3.10. The second-order valence-corrected chi connectivity index (χ2v) is 4.49. The van der Waals surface area contributed by atoms with Crippen LogP contribution in [0.25, 0.3) is 0 Å². The molecule has 0 aliphatic heterocycles. The van der Waals surface area contributed by atoms with Crippen LogP contribution in [0, 0.1) is 11.8 Å². The van der Waals surface area contributed by atoms with Gasteiger partial charge in [-0.2, -0.15) is 0 Å². The van der Waals surface area contributed by atoms with Gasteiger partial charge in [0, 0.05) is 6.54 Å². The molecule has 16 heavy (non-hydrogen) atoms. The molecule has 1 aliphatic carbocycles. The number of hydrogen-bond acceptors (Lipinski definition) is 3. The molecular formula is C12H18N2O2. The van der Waals surface area contributed by atoms with E-state index in [4.69, 9.17) is 10.2 Å². The van der Waals surface area contributed by atoms with Gasteiger partial charge >= 0.3 is 0 Å². The predicted octanol–water partition coefficient (Wildman–Crippen LogP) is 1.51. The Labute approximate surface area is 95.2 Å². The smallest absolute Gasteiger partial charge is 0.287 e. The zero-order valence-electron chi connectivity index (χ0n) is 9.53. The maximum absolute atomic E-state index is 11.7. The number of amides is 1. The number of nitrogens with one attached hydrogen (secondary N) is 1. The Morgan fingerprint density at radius 2 is 2.38 bits per heavy atom. The van der Waals surface area contributed by atoms with Crippen LogP contribution in [0.4, 0.5) is 0 Å². The van der Waals surface area contributed by atoms with Crippen LogP contribution in [-0.4, -0.2) is 12.5 Å². The average Bonchev–Trinajstić information content (AvgIpc) is 3.03. The van der Waals surface area contributed by atoms with Gasteiger partial charge in [-0.25, -0.2) is 0 Å². The summed E-state index contributed by atoms with van der Waals surface area (Å²) in [5.74, 6) is 2.21. The summed E-state index contributed by atoms with van der Waals surface area (Å²) in [5.41, 5.74) is 5.41. The first kappa shape index (κ1) is 11.2. The van der Waals surface area contributed by atoms with E-state index in [1.807, 2.05) is 0 Å². The SMILES string of the molecule is CC(CNC(=O)c1ccc(CN)o1)C1CC1. The number of carbonyl (C=O) groups excluding carboxylic acids is 1. The highest BCUT2D eigenvalue weighted by molar-refractivity contribution is 5.91.